The highest BCUT2D eigenvalue weighted by molar-refractivity contribution is 5.89. The van der Waals surface area contributed by atoms with Gasteiger partial charge in [-0.25, -0.2) is 4.79 Å². The van der Waals surface area contributed by atoms with Gasteiger partial charge in [0, 0.05) is 26.3 Å². The molecular formula is C11H16N4O3. The Morgan fingerprint density at radius 1 is 1.50 bits per heavy atom. The van der Waals surface area contributed by atoms with Gasteiger partial charge in [-0.15, -0.1) is 0 Å². The van der Waals surface area contributed by atoms with Crippen molar-refractivity contribution in [2.45, 2.75) is 6.92 Å². The molecule has 7 heteroatoms. The van der Waals surface area contributed by atoms with Crippen molar-refractivity contribution >= 4 is 17.7 Å². The van der Waals surface area contributed by atoms with E-state index in [-0.39, 0.29) is 18.5 Å². The molecule has 0 saturated carbocycles. The lowest BCUT2D eigenvalue weighted by Gasteiger charge is -2.15. The van der Waals surface area contributed by atoms with Crippen molar-refractivity contribution in [2.75, 3.05) is 18.4 Å². The number of aliphatic carboxylic acids is 1. The van der Waals surface area contributed by atoms with Crippen LogP contribution in [0.2, 0.25) is 0 Å². The zero-order valence-electron chi connectivity index (χ0n) is 10.3. The van der Waals surface area contributed by atoms with E-state index in [0.29, 0.717) is 12.2 Å². The van der Waals surface area contributed by atoms with Gasteiger partial charge in [0.15, 0.2) is 0 Å². The fourth-order valence-electron chi connectivity index (χ4n) is 2.14. The van der Waals surface area contributed by atoms with Crippen LogP contribution >= 0.6 is 0 Å². The molecular weight excluding hydrogens is 236 g/mol. The van der Waals surface area contributed by atoms with Gasteiger partial charge in [-0.3, -0.25) is 9.48 Å². The highest BCUT2D eigenvalue weighted by Crippen LogP contribution is 2.23. The number of nitrogens with zero attached hydrogens (tertiary/aromatic N) is 3. The predicted octanol–water partition coefficient (Wildman–Crippen LogP) is 0.604. The Morgan fingerprint density at radius 3 is 2.72 bits per heavy atom. The average molecular weight is 252 g/mol. The van der Waals surface area contributed by atoms with Crippen LogP contribution in [0.15, 0.2) is 12.4 Å². The van der Waals surface area contributed by atoms with E-state index in [1.807, 2.05) is 6.92 Å². The van der Waals surface area contributed by atoms with Crippen LogP contribution in [0.25, 0.3) is 0 Å². The summed E-state index contributed by atoms with van der Waals surface area (Å²) in [6, 6.07) is -0.279. The zero-order chi connectivity index (χ0) is 13.3. The van der Waals surface area contributed by atoms with E-state index in [2.05, 4.69) is 10.4 Å². The van der Waals surface area contributed by atoms with Crippen molar-refractivity contribution in [2.24, 2.45) is 18.9 Å². The third-order valence-corrected chi connectivity index (χ3v) is 3.17. The summed E-state index contributed by atoms with van der Waals surface area (Å²) in [5.41, 5.74) is 0.605. The van der Waals surface area contributed by atoms with Gasteiger partial charge in [0.05, 0.1) is 17.8 Å². The van der Waals surface area contributed by atoms with Crippen molar-refractivity contribution in [3.05, 3.63) is 12.4 Å². The highest BCUT2D eigenvalue weighted by atomic mass is 16.4. The van der Waals surface area contributed by atoms with Gasteiger partial charge in [-0.05, 0) is 5.92 Å². The summed E-state index contributed by atoms with van der Waals surface area (Å²) < 4.78 is 1.59. The summed E-state index contributed by atoms with van der Waals surface area (Å²) in [4.78, 5) is 24.4. The van der Waals surface area contributed by atoms with E-state index in [1.54, 1.807) is 24.1 Å². The SMILES string of the molecule is C[C@@H]1CN(C(=O)Nc2cnn(C)c2)C[C@H]1C(=O)O. The van der Waals surface area contributed by atoms with Crippen LogP contribution in [0.3, 0.4) is 0 Å². The van der Waals surface area contributed by atoms with Gasteiger partial charge in [-0.1, -0.05) is 6.92 Å². The smallest absolute Gasteiger partial charge is 0.321 e. The maximum absolute atomic E-state index is 11.9. The Labute approximate surface area is 104 Å². The lowest BCUT2D eigenvalue weighted by molar-refractivity contribution is -0.142. The Bertz CT molecular complexity index is 471. The number of nitrogens with one attached hydrogen (secondary N) is 1. The quantitative estimate of drug-likeness (QED) is 0.807. The van der Waals surface area contributed by atoms with Gasteiger partial charge in [0.2, 0.25) is 0 Å². The van der Waals surface area contributed by atoms with Gasteiger partial charge in [0.25, 0.3) is 0 Å². The van der Waals surface area contributed by atoms with E-state index in [1.165, 1.54) is 4.90 Å². The summed E-state index contributed by atoms with van der Waals surface area (Å²) in [5.74, 6) is -1.36. The molecule has 2 rings (SSSR count). The topological polar surface area (TPSA) is 87.5 Å². The van der Waals surface area contributed by atoms with Crippen LogP contribution in [0.5, 0.6) is 0 Å². The Hall–Kier alpha value is -2.05. The number of carbonyl (C=O) groups is 2. The van der Waals surface area contributed by atoms with Crippen molar-refractivity contribution in [1.29, 1.82) is 0 Å². The number of urea groups is 1. The monoisotopic (exact) mass is 252 g/mol. The standard InChI is InChI=1S/C11H16N4O3/c1-7-4-15(6-9(7)10(16)17)11(18)13-8-3-12-14(2)5-8/h3,5,7,9H,4,6H2,1-2H3,(H,13,18)(H,16,17)/t7-,9-/m1/s1. The average Bonchev–Trinajstić information content (AvgIpc) is 2.85. The number of carbonyl (C=O) groups excluding carboxylic acids is 1. The van der Waals surface area contributed by atoms with Gasteiger partial charge in [-0.2, -0.15) is 5.10 Å². The third kappa shape index (κ3) is 2.44. The van der Waals surface area contributed by atoms with Crippen LogP contribution in [0.4, 0.5) is 10.5 Å². The first-order chi connectivity index (χ1) is 8.47. The number of hydrogen-bond acceptors (Lipinski definition) is 3. The van der Waals surface area contributed by atoms with Crippen molar-refractivity contribution in [3.8, 4) is 0 Å². The first-order valence-electron chi connectivity index (χ1n) is 5.74. The van der Waals surface area contributed by atoms with Crippen LogP contribution in [0, 0.1) is 11.8 Å². The molecule has 0 aromatic carbocycles. The summed E-state index contributed by atoms with van der Waals surface area (Å²) in [7, 11) is 1.76. The second-order valence-electron chi connectivity index (χ2n) is 4.66. The fourth-order valence-corrected chi connectivity index (χ4v) is 2.14. The molecule has 1 aromatic rings. The molecule has 7 nitrogen and oxygen atoms in total. The molecule has 1 aliphatic heterocycles. The molecule has 1 fully saturated rings. The minimum absolute atomic E-state index is 0.0258. The number of anilines is 1. The highest BCUT2D eigenvalue weighted by Gasteiger charge is 2.36. The van der Waals surface area contributed by atoms with E-state index in [9.17, 15) is 9.59 Å². The van der Waals surface area contributed by atoms with E-state index in [4.69, 9.17) is 5.11 Å². The van der Waals surface area contributed by atoms with E-state index < -0.39 is 11.9 Å². The number of amides is 2. The zero-order valence-corrected chi connectivity index (χ0v) is 10.3. The van der Waals surface area contributed by atoms with Crippen molar-refractivity contribution in [1.82, 2.24) is 14.7 Å². The molecule has 1 saturated heterocycles. The molecule has 2 atom stereocenters. The lowest BCUT2D eigenvalue weighted by Crippen LogP contribution is -2.33. The number of carboxylic acids is 1. The summed E-state index contributed by atoms with van der Waals surface area (Å²) in [5, 5.41) is 15.6. The summed E-state index contributed by atoms with van der Waals surface area (Å²) >= 11 is 0. The number of rotatable bonds is 2. The minimum Gasteiger partial charge on any atom is -0.481 e. The Kier molecular flexibility index (Phi) is 3.22. The normalized spacial score (nSPS) is 23.1. The van der Waals surface area contributed by atoms with Crippen molar-refractivity contribution < 1.29 is 14.7 Å². The van der Waals surface area contributed by atoms with Gasteiger partial charge in [0.1, 0.15) is 0 Å². The molecule has 0 aliphatic carbocycles. The van der Waals surface area contributed by atoms with Crippen LogP contribution in [-0.4, -0.2) is 44.9 Å². The van der Waals surface area contributed by atoms with Crippen LogP contribution < -0.4 is 5.32 Å². The maximum Gasteiger partial charge on any atom is 0.321 e. The number of aromatic nitrogens is 2. The molecule has 2 N–H and O–H groups in total. The first kappa shape index (κ1) is 12.4. The Morgan fingerprint density at radius 2 is 2.22 bits per heavy atom. The number of hydrogen-bond donors (Lipinski definition) is 2. The molecule has 98 valence electrons. The molecule has 2 amide bonds. The molecule has 18 heavy (non-hydrogen) atoms. The van der Waals surface area contributed by atoms with Crippen LogP contribution in [0.1, 0.15) is 6.92 Å². The minimum atomic E-state index is -0.848. The molecule has 2 heterocycles. The summed E-state index contributed by atoms with van der Waals surface area (Å²) in [6.07, 6.45) is 3.23. The van der Waals surface area contributed by atoms with Crippen LogP contribution in [-0.2, 0) is 11.8 Å². The molecule has 0 spiro atoms. The largest absolute Gasteiger partial charge is 0.481 e. The van der Waals surface area contributed by atoms with Gasteiger partial charge >= 0.3 is 12.0 Å². The summed E-state index contributed by atoms with van der Waals surface area (Å²) in [6.45, 7) is 2.56. The van der Waals surface area contributed by atoms with E-state index in [0.717, 1.165) is 0 Å². The fraction of sp³-hybridized carbons (Fsp3) is 0.545. The maximum atomic E-state index is 11.9. The molecule has 0 unspecified atom stereocenters. The second kappa shape index (κ2) is 4.67. The molecule has 0 bridgehead atoms. The Balaban J connectivity index is 1.97. The number of carboxylic acid groups (broad SMARTS) is 1. The number of likely N-dealkylation sites (tertiary alicyclic amines) is 1. The molecule has 1 aliphatic rings. The number of aryl methyl sites for hydroxylation is 1. The predicted molar refractivity (Wildman–Crippen MR) is 64.1 cm³/mol. The lowest BCUT2D eigenvalue weighted by atomic mass is 9.99. The van der Waals surface area contributed by atoms with E-state index >= 15 is 0 Å². The van der Waals surface area contributed by atoms with Gasteiger partial charge < -0.3 is 15.3 Å². The third-order valence-electron chi connectivity index (χ3n) is 3.17. The van der Waals surface area contributed by atoms with Crippen molar-refractivity contribution in [3.63, 3.8) is 0 Å². The molecule has 0 radical (unpaired) electrons. The first-order valence-corrected chi connectivity index (χ1v) is 5.74. The molecule has 1 aromatic heterocycles. The second-order valence-corrected chi connectivity index (χ2v) is 4.66.